The van der Waals surface area contributed by atoms with Crippen LogP contribution in [0.2, 0.25) is 0 Å². The average Bonchev–Trinajstić information content (AvgIpc) is 2.93. The Hall–Kier alpha value is -3.00. The highest BCUT2D eigenvalue weighted by Crippen LogP contribution is 2.30. The van der Waals surface area contributed by atoms with Gasteiger partial charge in [-0.15, -0.1) is 0 Å². The maximum Gasteiger partial charge on any atom is 0.236 e. The Kier molecular flexibility index (Phi) is 16.0. The summed E-state index contributed by atoms with van der Waals surface area (Å²) in [6.45, 7) is 6.12. The van der Waals surface area contributed by atoms with E-state index in [0.29, 0.717) is 37.6 Å². The van der Waals surface area contributed by atoms with E-state index in [9.17, 15) is 24.3 Å². The number of hydrogen-bond donors (Lipinski definition) is 3. The van der Waals surface area contributed by atoms with Crippen LogP contribution < -0.4 is 15.4 Å². The molecule has 226 valence electrons. The summed E-state index contributed by atoms with van der Waals surface area (Å²) in [5, 5.41) is 15.4. The summed E-state index contributed by atoms with van der Waals surface area (Å²) in [4.78, 5) is 46.8. The summed E-state index contributed by atoms with van der Waals surface area (Å²) < 4.78 is 27.1. The van der Waals surface area contributed by atoms with Gasteiger partial charge in [-0.05, 0) is 30.0 Å². The molecule has 1 heterocycles. The molecule has 41 heavy (non-hydrogen) atoms. The Morgan fingerprint density at radius 1 is 1.12 bits per heavy atom. The predicted molar refractivity (Wildman–Crippen MR) is 150 cm³/mol. The first kappa shape index (κ1) is 34.2. The van der Waals surface area contributed by atoms with Crippen LogP contribution in [-0.4, -0.2) is 88.4 Å². The molecule has 0 saturated carbocycles. The van der Waals surface area contributed by atoms with Crippen LogP contribution in [0.25, 0.3) is 0 Å². The molecule has 2 radical (unpaired) electrons. The molecule has 1 saturated heterocycles. The predicted octanol–water partition coefficient (Wildman–Crippen LogP) is 2.24. The van der Waals surface area contributed by atoms with Gasteiger partial charge >= 0.3 is 0 Å². The lowest BCUT2D eigenvalue weighted by molar-refractivity contribution is -0.175. The maximum absolute atomic E-state index is 12.6. The molecule has 1 aromatic rings. The smallest absolute Gasteiger partial charge is 0.236 e. The monoisotopic (exact) mass is 576 g/mol. The van der Waals surface area contributed by atoms with Crippen molar-refractivity contribution in [1.29, 1.82) is 0 Å². The van der Waals surface area contributed by atoms with Crippen LogP contribution in [0.3, 0.4) is 0 Å². The summed E-state index contributed by atoms with van der Waals surface area (Å²) in [6, 6.07) is 4.68. The van der Waals surface area contributed by atoms with Crippen LogP contribution >= 0.6 is 0 Å². The van der Waals surface area contributed by atoms with Gasteiger partial charge in [-0.25, -0.2) is 0 Å². The molecule has 2 rings (SSSR count). The molecule has 0 bridgehead atoms. The van der Waals surface area contributed by atoms with Gasteiger partial charge in [-0.3, -0.25) is 14.4 Å². The first-order valence-corrected chi connectivity index (χ1v) is 13.9. The van der Waals surface area contributed by atoms with Gasteiger partial charge in [-0.2, -0.15) is 0 Å². The van der Waals surface area contributed by atoms with Gasteiger partial charge < -0.3 is 44.2 Å². The number of rotatable bonds is 19. The number of carbonyl (C=O) groups is 4. The fraction of sp³-hybridized carbons (Fsp3) is 0.643. The lowest BCUT2D eigenvalue weighted by atomic mass is 10.1. The third-order valence-electron chi connectivity index (χ3n) is 6.38. The SMILES string of the molecule is [B]C(=O)OCc1ccc(OC2CC(O)CC(C=O)O2)c(NC(=O)CCNC(=O)CCOCCOCCC(C)CC)c1. The average molecular weight is 576 g/mol. The number of amides is 2. The molecule has 4 atom stereocenters. The standard InChI is InChI=1S/C28H41BN2O10/c1-3-19(2)7-10-37-12-13-38-11-8-25(34)30-9-6-26(35)31-23-14-20(18-39-28(29)36)4-5-24(23)41-27-16-21(33)15-22(17-32)40-27/h4-5,14,17,19,21-22,27,33H,3,6-13,15-16,18H2,1-2H3,(H,30,34)(H,31,35). The van der Waals surface area contributed by atoms with Crippen molar-refractivity contribution in [3.8, 4) is 5.75 Å². The molecule has 4 unspecified atom stereocenters. The van der Waals surface area contributed by atoms with Crippen molar-refractivity contribution < 1.29 is 48.0 Å². The molecular formula is C28H41BN2O10. The van der Waals surface area contributed by atoms with Gasteiger partial charge in [0, 0.05) is 38.8 Å². The number of aldehydes is 1. The number of aliphatic hydroxyl groups is 1. The van der Waals surface area contributed by atoms with E-state index in [2.05, 4.69) is 24.5 Å². The molecule has 13 heteroatoms. The van der Waals surface area contributed by atoms with Crippen LogP contribution in [0, 0.1) is 5.92 Å². The zero-order valence-electron chi connectivity index (χ0n) is 23.8. The van der Waals surface area contributed by atoms with Crippen LogP contribution in [-0.2, 0) is 39.9 Å². The first-order chi connectivity index (χ1) is 19.7. The summed E-state index contributed by atoms with van der Waals surface area (Å²) in [5.41, 5.74) is 0.772. The van der Waals surface area contributed by atoms with Crippen LogP contribution in [0.1, 0.15) is 57.9 Å². The number of ether oxygens (including phenoxy) is 5. The van der Waals surface area contributed by atoms with E-state index in [1.54, 1.807) is 6.07 Å². The lowest BCUT2D eigenvalue weighted by Gasteiger charge is -2.31. The van der Waals surface area contributed by atoms with Gasteiger partial charge in [0.1, 0.15) is 24.7 Å². The third-order valence-corrected chi connectivity index (χ3v) is 6.38. The Balaban J connectivity index is 1.79. The quantitative estimate of drug-likeness (QED) is 0.127. The molecule has 2 amide bonds. The number of hydrogen-bond acceptors (Lipinski definition) is 10. The Morgan fingerprint density at radius 3 is 2.59 bits per heavy atom. The molecule has 1 aromatic carbocycles. The highest BCUT2D eigenvalue weighted by molar-refractivity contribution is 6.55. The minimum absolute atomic E-state index is 0.0239. The molecule has 0 spiro atoms. The second-order valence-electron chi connectivity index (χ2n) is 9.85. The van der Waals surface area contributed by atoms with Gasteiger partial charge in [0.2, 0.25) is 31.8 Å². The minimum atomic E-state index is -0.952. The minimum Gasteiger partial charge on any atom is -0.470 e. The van der Waals surface area contributed by atoms with Crippen molar-refractivity contribution in [2.24, 2.45) is 5.92 Å². The largest absolute Gasteiger partial charge is 0.470 e. The number of benzene rings is 1. The van der Waals surface area contributed by atoms with Gasteiger partial charge in [0.15, 0.2) is 0 Å². The van der Waals surface area contributed by atoms with E-state index < -0.39 is 30.3 Å². The highest BCUT2D eigenvalue weighted by atomic mass is 16.7. The van der Waals surface area contributed by atoms with Crippen LogP contribution in [0.15, 0.2) is 18.2 Å². The molecule has 1 aliphatic heterocycles. The summed E-state index contributed by atoms with van der Waals surface area (Å²) >= 11 is 0. The van der Waals surface area contributed by atoms with E-state index in [1.807, 2.05) is 0 Å². The van der Waals surface area contributed by atoms with Crippen LogP contribution in [0.5, 0.6) is 5.75 Å². The molecular weight excluding hydrogens is 535 g/mol. The van der Waals surface area contributed by atoms with Crippen molar-refractivity contribution in [2.75, 3.05) is 38.3 Å². The summed E-state index contributed by atoms with van der Waals surface area (Å²) in [7, 11) is 5.04. The topological polar surface area (TPSA) is 159 Å². The highest BCUT2D eigenvalue weighted by Gasteiger charge is 2.30. The van der Waals surface area contributed by atoms with Crippen molar-refractivity contribution >= 4 is 37.5 Å². The second kappa shape index (κ2) is 19.2. The molecule has 3 N–H and O–H groups in total. The number of nitrogens with one attached hydrogen (secondary N) is 2. The summed E-state index contributed by atoms with van der Waals surface area (Å²) in [6.07, 6.45) is 0.639. The van der Waals surface area contributed by atoms with E-state index >= 15 is 0 Å². The Bertz CT molecular complexity index is 979. The molecule has 0 aliphatic carbocycles. The van der Waals surface area contributed by atoms with Crippen molar-refractivity contribution in [1.82, 2.24) is 5.32 Å². The van der Waals surface area contributed by atoms with Gasteiger partial charge in [-0.1, -0.05) is 26.3 Å². The molecule has 0 aromatic heterocycles. The third kappa shape index (κ3) is 14.5. The number of carbonyl (C=O) groups excluding carboxylic acids is 4. The Labute approximate surface area is 242 Å². The zero-order chi connectivity index (χ0) is 30.0. The molecule has 1 fully saturated rings. The van der Waals surface area contributed by atoms with E-state index in [-0.39, 0.29) is 62.8 Å². The normalized spacial score (nSPS) is 19.1. The van der Waals surface area contributed by atoms with E-state index in [1.165, 1.54) is 12.1 Å². The van der Waals surface area contributed by atoms with Gasteiger partial charge in [0.05, 0.1) is 31.6 Å². The first-order valence-electron chi connectivity index (χ1n) is 13.9. The van der Waals surface area contributed by atoms with Crippen molar-refractivity contribution in [3.05, 3.63) is 23.8 Å². The zero-order valence-corrected chi connectivity index (χ0v) is 23.8. The van der Waals surface area contributed by atoms with Crippen LogP contribution in [0.4, 0.5) is 10.5 Å². The van der Waals surface area contributed by atoms with Crippen molar-refractivity contribution in [3.63, 3.8) is 0 Å². The summed E-state index contributed by atoms with van der Waals surface area (Å²) in [5.74, 6) is -0.761. The van der Waals surface area contributed by atoms with E-state index in [0.717, 1.165) is 12.8 Å². The van der Waals surface area contributed by atoms with Crippen molar-refractivity contribution in [2.45, 2.75) is 77.5 Å². The van der Waals surface area contributed by atoms with E-state index in [4.69, 9.17) is 31.5 Å². The number of anilines is 1. The second-order valence-corrected chi connectivity index (χ2v) is 9.85. The van der Waals surface area contributed by atoms with Gasteiger partial charge in [0.25, 0.3) is 0 Å². The number of aliphatic hydroxyl groups excluding tert-OH is 1. The molecule has 12 nitrogen and oxygen atoms in total. The fourth-order valence-corrected chi connectivity index (χ4v) is 3.81. The maximum atomic E-state index is 12.6. The Morgan fingerprint density at radius 2 is 1.88 bits per heavy atom. The lowest BCUT2D eigenvalue weighted by Crippen LogP contribution is -2.39. The fourth-order valence-electron chi connectivity index (χ4n) is 3.81. The molecule has 1 aliphatic rings.